The second-order valence-corrected chi connectivity index (χ2v) is 7.20. The van der Waals surface area contributed by atoms with Gasteiger partial charge in [0.25, 0.3) is 0 Å². The van der Waals surface area contributed by atoms with Crippen LogP contribution in [0, 0.1) is 11.3 Å². The number of hydrogen-bond acceptors (Lipinski definition) is 3. The Hall–Kier alpha value is -2.52. The summed E-state index contributed by atoms with van der Waals surface area (Å²) in [5, 5.41) is 15.7. The lowest BCUT2D eigenvalue weighted by Crippen LogP contribution is -2.44. The number of nitrogens with zero attached hydrogens (tertiary/aromatic N) is 3. The van der Waals surface area contributed by atoms with E-state index in [1.54, 1.807) is 7.05 Å². The maximum Gasteiger partial charge on any atom is 0.191 e. The van der Waals surface area contributed by atoms with Crippen LogP contribution in [-0.2, 0) is 6.54 Å². The summed E-state index contributed by atoms with van der Waals surface area (Å²) in [4.78, 5) is 6.71. The molecule has 1 unspecified atom stereocenters. The fourth-order valence-corrected chi connectivity index (χ4v) is 3.30. The minimum atomic E-state index is 0.366. The van der Waals surface area contributed by atoms with E-state index in [0.717, 1.165) is 35.5 Å². The molecule has 134 valence electrons. The molecule has 3 rings (SSSR count). The number of guanidine groups is 1. The highest BCUT2D eigenvalue weighted by atomic mass is 79.9. The highest BCUT2D eigenvalue weighted by molar-refractivity contribution is 9.10. The van der Waals surface area contributed by atoms with Crippen LogP contribution in [0.4, 0.5) is 5.69 Å². The van der Waals surface area contributed by atoms with E-state index in [1.807, 2.05) is 24.3 Å². The van der Waals surface area contributed by atoms with Gasteiger partial charge in [0, 0.05) is 42.9 Å². The molecule has 1 aliphatic heterocycles. The van der Waals surface area contributed by atoms with Gasteiger partial charge in [-0.15, -0.1) is 0 Å². The summed E-state index contributed by atoms with van der Waals surface area (Å²) in [5.41, 5.74) is 3.04. The molecule has 0 saturated carbocycles. The molecule has 1 atom stereocenters. The van der Waals surface area contributed by atoms with Crippen LogP contribution in [-0.4, -0.2) is 32.1 Å². The third-order valence-corrected chi connectivity index (χ3v) is 5.02. The molecule has 2 aromatic carbocycles. The first kappa shape index (κ1) is 18.3. The van der Waals surface area contributed by atoms with Crippen LogP contribution in [0.25, 0.3) is 0 Å². The summed E-state index contributed by atoms with van der Waals surface area (Å²) in [6.07, 6.45) is 1.08. The summed E-state index contributed by atoms with van der Waals surface area (Å²) in [5.74, 6) is 0.803. The van der Waals surface area contributed by atoms with Gasteiger partial charge in [0.05, 0.1) is 11.6 Å². The van der Waals surface area contributed by atoms with Gasteiger partial charge in [0.2, 0.25) is 0 Å². The zero-order valence-electron chi connectivity index (χ0n) is 14.7. The van der Waals surface area contributed by atoms with Gasteiger partial charge in [0.15, 0.2) is 5.96 Å². The van der Waals surface area contributed by atoms with Crippen molar-refractivity contribution in [2.24, 2.45) is 4.99 Å². The van der Waals surface area contributed by atoms with Crippen LogP contribution < -0.4 is 15.5 Å². The van der Waals surface area contributed by atoms with E-state index in [0.29, 0.717) is 18.2 Å². The lowest BCUT2D eigenvalue weighted by Gasteiger charge is -2.20. The fraction of sp³-hybridized carbons (Fsp3) is 0.300. The third kappa shape index (κ3) is 4.77. The zero-order chi connectivity index (χ0) is 18.4. The second kappa shape index (κ2) is 8.72. The largest absolute Gasteiger partial charge is 0.369 e. The number of nitrogens with one attached hydrogen (secondary N) is 2. The zero-order valence-corrected chi connectivity index (χ0v) is 16.3. The van der Waals surface area contributed by atoms with Crippen molar-refractivity contribution in [3.8, 4) is 6.07 Å². The molecule has 0 aliphatic carbocycles. The van der Waals surface area contributed by atoms with Gasteiger partial charge in [-0.25, -0.2) is 0 Å². The highest BCUT2D eigenvalue weighted by Gasteiger charge is 2.23. The first-order valence-electron chi connectivity index (χ1n) is 8.64. The number of nitriles is 1. The lowest BCUT2D eigenvalue weighted by molar-refractivity contribution is 0.648. The van der Waals surface area contributed by atoms with Crippen LogP contribution in [0.2, 0.25) is 0 Å². The molecule has 6 heteroatoms. The number of aliphatic imine (C=N–C) groups is 1. The molecule has 0 amide bonds. The van der Waals surface area contributed by atoms with Crippen molar-refractivity contribution in [3.05, 3.63) is 64.1 Å². The van der Waals surface area contributed by atoms with E-state index < -0.39 is 0 Å². The number of benzene rings is 2. The standard InChI is InChI=1S/C20H22BrN5/c1-23-20(24-13-16-4-2-15(12-22)3-5-16)25-18-10-11-26(14-18)19-8-6-17(21)7-9-19/h2-9,18H,10-11,13-14H2,1H3,(H2,23,24,25). The molecule has 1 aliphatic rings. The topological polar surface area (TPSA) is 63.5 Å². The Balaban J connectivity index is 1.50. The third-order valence-electron chi connectivity index (χ3n) is 4.49. The summed E-state index contributed by atoms with van der Waals surface area (Å²) >= 11 is 3.48. The normalized spacial score (nSPS) is 17.0. The molecule has 26 heavy (non-hydrogen) atoms. The maximum atomic E-state index is 8.86. The average Bonchev–Trinajstić information content (AvgIpc) is 3.14. The van der Waals surface area contributed by atoms with Crippen LogP contribution >= 0.6 is 15.9 Å². The molecular formula is C20H22BrN5. The van der Waals surface area contributed by atoms with Gasteiger partial charge in [-0.05, 0) is 48.4 Å². The number of hydrogen-bond donors (Lipinski definition) is 2. The Labute approximate surface area is 162 Å². The molecule has 0 radical (unpaired) electrons. The van der Waals surface area contributed by atoms with Gasteiger partial charge in [0.1, 0.15) is 0 Å². The first-order valence-corrected chi connectivity index (χ1v) is 9.44. The van der Waals surface area contributed by atoms with E-state index >= 15 is 0 Å². The van der Waals surface area contributed by atoms with Gasteiger partial charge in [-0.2, -0.15) is 5.26 Å². The SMILES string of the molecule is CN=C(NCc1ccc(C#N)cc1)NC1CCN(c2ccc(Br)cc2)C1. The predicted molar refractivity (Wildman–Crippen MR) is 109 cm³/mol. The van der Waals surface area contributed by atoms with Crippen molar-refractivity contribution < 1.29 is 0 Å². The Bertz CT molecular complexity index is 792. The molecule has 5 nitrogen and oxygen atoms in total. The first-order chi connectivity index (χ1) is 12.7. The van der Waals surface area contributed by atoms with Gasteiger partial charge >= 0.3 is 0 Å². The molecule has 1 fully saturated rings. The van der Waals surface area contributed by atoms with E-state index in [1.165, 1.54) is 5.69 Å². The molecule has 1 saturated heterocycles. The fourth-order valence-electron chi connectivity index (χ4n) is 3.04. The number of rotatable bonds is 4. The summed E-state index contributed by atoms with van der Waals surface area (Å²) in [6, 6.07) is 18.5. The molecule has 0 bridgehead atoms. The highest BCUT2D eigenvalue weighted by Crippen LogP contribution is 2.22. The van der Waals surface area contributed by atoms with Crippen molar-refractivity contribution in [3.63, 3.8) is 0 Å². The minimum absolute atomic E-state index is 0.366. The van der Waals surface area contributed by atoms with Crippen LogP contribution in [0.15, 0.2) is 58.0 Å². The number of anilines is 1. The molecule has 0 aromatic heterocycles. The Morgan fingerprint density at radius 1 is 1.23 bits per heavy atom. The molecular weight excluding hydrogens is 390 g/mol. The smallest absolute Gasteiger partial charge is 0.191 e. The summed E-state index contributed by atoms with van der Waals surface area (Å²) in [6.45, 7) is 2.67. The molecule has 1 heterocycles. The Morgan fingerprint density at radius 2 is 1.96 bits per heavy atom. The van der Waals surface area contributed by atoms with Crippen molar-refractivity contribution in [1.29, 1.82) is 5.26 Å². The van der Waals surface area contributed by atoms with Crippen LogP contribution in [0.1, 0.15) is 17.5 Å². The van der Waals surface area contributed by atoms with Crippen LogP contribution in [0.5, 0.6) is 0 Å². The van der Waals surface area contributed by atoms with Crippen molar-refractivity contribution >= 4 is 27.6 Å². The minimum Gasteiger partial charge on any atom is -0.369 e. The summed E-state index contributed by atoms with van der Waals surface area (Å²) < 4.78 is 1.10. The van der Waals surface area contributed by atoms with Gasteiger partial charge in [-0.3, -0.25) is 4.99 Å². The Morgan fingerprint density at radius 3 is 2.62 bits per heavy atom. The monoisotopic (exact) mass is 411 g/mol. The van der Waals surface area contributed by atoms with Crippen LogP contribution in [0.3, 0.4) is 0 Å². The van der Waals surface area contributed by atoms with Gasteiger partial charge < -0.3 is 15.5 Å². The van der Waals surface area contributed by atoms with Gasteiger partial charge in [-0.1, -0.05) is 28.1 Å². The van der Waals surface area contributed by atoms with Crippen molar-refractivity contribution in [2.75, 3.05) is 25.0 Å². The predicted octanol–water partition coefficient (Wildman–Crippen LogP) is 3.26. The molecule has 2 aromatic rings. The van der Waals surface area contributed by atoms with Crippen molar-refractivity contribution in [2.45, 2.75) is 19.0 Å². The number of halogens is 1. The molecule has 0 spiro atoms. The van der Waals surface area contributed by atoms with E-state index in [4.69, 9.17) is 5.26 Å². The van der Waals surface area contributed by atoms with Crippen molar-refractivity contribution in [1.82, 2.24) is 10.6 Å². The average molecular weight is 412 g/mol. The Kier molecular flexibility index (Phi) is 6.13. The summed E-state index contributed by atoms with van der Waals surface area (Å²) in [7, 11) is 1.79. The molecule has 2 N–H and O–H groups in total. The quantitative estimate of drug-likeness (QED) is 0.598. The lowest BCUT2D eigenvalue weighted by atomic mass is 10.1. The van der Waals surface area contributed by atoms with E-state index in [2.05, 4.69) is 66.8 Å². The second-order valence-electron chi connectivity index (χ2n) is 6.29. The maximum absolute atomic E-state index is 8.86. The van der Waals surface area contributed by atoms with E-state index in [-0.39, 0.29) is 0 Å². The van der Waals surface area contributed by atoms with E-state index in [9.17, 15) is 0 Å².